The van der Waals surface area contributed by atoms with Crippen LogP contribution in [0.4, 0.5) is 24.5 Å². The van der Waals surface area contributed by atoms with Crippen molar-refractivity contribution < 1.29 is 22.8 Å². The van der Waals surface area contributed by atoms with Gasteiger partial charge in [0.05, 0.1) is 5.56 Å². The number of hydrogen-bond donors (Lipinski definition) is 2. The van der Waals surface area contributed by atoms with Gasteiger partial charge >= 0.3 is 6.18 Å². The maximum atomic E-state index is 12.7. The van der Waals surface area contributed by atoms with Crippen molar-refractivity contribution in [2.45, 2.75) is 19.5 Å². The van der Waals surface area contributed by atoms with E-state index in [0.29, 0.717) is 30.9 Å². The zero-order valence-electron chi connectivity index (χ0n) is 13.6. The first-order valence-corrected chi connectivity index (χ1v) is 7.69. The van der Waals surface area contributed by atoms with Gasteiger partial charge in [-0.25, -0.2) is 0 Å². The minimum atomic E-state index is -4.65. The third kappa shape index (κ3) is 3.32. The van der Waals surface area contributed by atoms with Crippen molar-refractivity contribution in [1.29, 1.82) is 0 Å². The monoisotopic (exact) mass is 365 g/mol. The highest BCUT2D eigenvalue weighted by molar-refractivity contribution is 6.05. The first kappa shape index (κ1) is 17.7. The van der Waals surface area contributed by atoms with Gasteiger partial charge in [-0.2, -0.15) is 13.2 Å². The van der Waals surface area contributed by atoms with E-state index in [9.17, 15) is 27.6 Å². The summed E-state index contributed by atoms with van der Waals surface area (Å²) in [4.78, 5) is 39.1. The highest BCUT2D eigenvalue weighted by Crippen LogP contribution is 2.30. The smallest absolute Gasteiger partial charge is 0.327 e. The van der Waals surface area contributed by atoms with E-state index in [1.165, 1.54) is 13.0 Å². The molecule has 1 aromatic heterocycles. The van der Waals surface area contributed by atoms with Crippen molar-refractivity contribution in [2.24, 2.45) is 0 Å². The molecule has 136 valence electrons. The molecule has 1 aromatic carbocycles. The Labute approximate surface area is 145 Å². The predicted octanol–water partition coefficient (Wildman–Crippen LogP) is 2.56. The van der Waals surface area contributed by atoms with Crippen LogP contribution >= 0.6 is 0 Å². The Kier molecular flexibility index (Phi) is 4.31. The Balaban J connectivity index is 1.86. The number of H-pyrrole nitrogens is 1. The lowest BCUT2D eigenvalue weighted by atomic mass is 10.1. The van der Waals surface area contributed by atoms with E-state index >= 15 is 0 Å². The maximum Gasteiger partial charge on any atom is 0.417 e. The van der Waals surface area contributed by atoms with Gasteiger partial charge in [-0.1, -0.05) is 0 Å². The summed E-state index contributed by atoms with van der Waals surface area (Å²) in [6.07, 6.45) is -3.53. The minimum Gasteiger partial charge on any atom is -0.327 e. The molecular formula is C17H14F3N3O3. The summed E-state index contributed by atoms with van der Waals surface area (Å²) in [5, 5.41) is 2.20. The summed E-state index contributed by atoms with van der Waals surface area (Å²) in [7, 11) is 0. The molecule has 6 nitrogen and oxygen atoms in total. The number of amides is 2. The molecule has 0 atom stereocenters. The number of halogens is 3. The lowest BCUT2D eigenvalue weighted by molar-refractivity contribution is -0.137. The number of nitrogens with one attached hydrogen (secondary N) is 2. The SMILES string of the molecule is CC(=O)N1CCc2cc(C(=O)Nc3cc(C(F)(F)F)c[nH]c3=O)ccc21. The van der Waals surface area contributed by atoms with Crippen molar-refractivity contribution in [2.75, 3.05) is 16.8 Å². The second kappa shape index (κ2) is 6.32. The summed E-state index contributed by atoms with van der Waals surface area (Å²) in [6.45, 7) is 1.94. The molecule has 0 bridgehead atoms. The van der Waals surface area contributed by atoms with Crippen molar-refractivity contribution >= 4 is 23.2 Å². The Hall–Kier alpha value is -3.10. The molecule has 0 saturated carbocycles. The Morgan fingerprint density at radius 1 is 1.23 bits per heavy atom. The fourth-order valence-electron chi connectivity index (χ4n) is 2.80. The molecule has 2 aromatic rings. The molecule has 2 heterocycles. The van der Waals surface area contributed by atoms with Gasteiger partial charge in [0, 0.05) is 30.9 Å². The number of fused-ring (bicyclic) bond motifs is 1. The average Bonchev–Trinajstić information content (AvgIpc) is 2.99. The molecule has 9 heteroatoms. The van der Waals surface area contributed by atoms with E-state index in [1.54, 1.807) is 17.0 Å². The van der Waals surface area contributed by atoms with Crippen LogP contribution in [0.3, 0.4) is 0 Å². The number of alkyl halides is 3. The van der Waals surface area contributed by atoms with Crippen LogP contribution in [0.15, 0.2) is 35.3 Å². The van der Waals surface area contributed by atoms with Crippen LogP contribution in [-0.4, -0.2) is 23.3 Å². The van der Waals surface area contributed by atoms with Crippen LogP contribution < -0.4 is 15.8 Å². The second-order valence-electron chi connectivity index (χ2n) is 5.85. The van der Waals surface area contributed by atoms with Crippen LogP contribution in [0.1, 0.15) is 28.4 Å². The number of aromatic nitrogens is 1. The molecular weight excluding hydrogens is 351 g/mol. The minimum absolute atomic E-state index is 0.114. The van der Waals surface area contributed by atoms with Gasteiger partial charge in [-0.05, 0) is 36.2 Å². The van der Waals surface area contributed by atoms with E-state index < -0.39 is 28.9 Å². The first-order valence-electron chi connectivity index (χ1n) is 7.69. The highest BCUT2D eigenvalue weighted by atomic mass is 19.4. The number of benzene rings is 1. The lowest BCUT2D eigenvalue weighted by Gasteiger charge is -2.15. The number of carbonyl (C=O) groups is 2. The Bertz CT molecular complexity index is 950. The van der Waals surface area contributed by atoms with Gasteiger partial charge in [0.2, 0.25) is 5.91 Å². The van der Waals surface area contributed by atoms with Crippen molar-refractivity contribution in [3.8, 4) is 0 Å². The third-order valence-electron chi connectivity index (χ3n) is 4.10. The van der Waals surface area contributed by atoms with Crippen molar-refractivity contribution in [1.82, 2.24) is 4.98 Å². The quantitative estimate of drug-likeness (QED) is 0.858. The maximum absolute atomic E-state index is 12.7. The number of pyridine rings is 1. The van der Waals surface area contributed by atoms with Crippen LogP contribution in [-0.2, 0) is 17.4 Å². The summed E-state index contributed by atoms with van der Waals surface area (Å²) in [6, 6.07) is 5.21. The number of hydrogen-bond acceptors (Lipinski definition) is 3. The fraction of sp³-hybridized carbons (Fsp3) is 0.235. The summed E-state index contributed by atoms with van der Waals surface area (Å²) in [5.41, 5.74) is -0.730. The molecule has 0 fully saturated rings. The van der Waals surface area contributed by atoms with Gasteiger partial charge in [-0.15, -0.1) is 0 Å². The van der Waals surface area contributed by atoms with Gasteiger partial charge in [0.25, 0.3) is 11.5 Å². The van der Waals surface area contributed by atoms with Crippen LogP contribution in [0, 0.1) is 0 Å². The van der Waals surface area contributed by atoms with E-state index in [2.05, 4.69) is 5.32 Å². The Morgan fingerprint density at radius 3 is 2.62 bits per heavy atom. The lowest BCUT2D eigenvalue weighted by Crippen LogP contribution is -2.25. The molecule has 0 radical (unpaired) electrons. The Morgan fingerprint density at radius 2 is 1.96 bits per heavy atom. The highest BCUT2D eigenvalue weighted by Gasteiger charge is 2.31. The molecule has 1 aliphatic rings. The number of carbonyl (C=O) groups excluding carboxylic acids is 2. The molecule has 0 aliphatic carbocycles. The van der Waals surface area contributed by atoms with Crippen LogP contribution in [0.5, 0.6) is 0 Å². The van der Waals surface area contributed by atoms with E-state index in [-0.39, 0.29) is 11.5 Å². The summed E-state index contributed by atoms with van der Waals surface area (Å²) >= 11 is 0. The predicted molar refractivity (Wildman–Crippen MR) is 88.2 cm³/mol. The van der Waals surface area contributed by atoms with Crippen LogP contribution in [0.2, 0.25) is 0 Å². The molecule has 2 N–H and O–H groups in total. The van der Waals surface area contributed by atoms with Gasteiger partial charge in [0.15, 0.2) is 0 Å². The second-order valence-corrected chi connectivity index (χ2v) is 5.85. The summed E-state index contributed by atoms with van der Waals surface area (Å²) in [5.74, 6) is -0.824. The molecule has 0 spiro atoms. The van der Waals surface area contributed by atoms with Gasteiger partial charge in [-0.3, -0.25) is 14.4 Å². The first-order chi connectivity index (χ1) is 12.2. The topological polar surface area (TPSA) is 82.3 Å². The van der Waals surface area contributed by atoms with Gasteiger partial charge in [0.1, 0.15) is 5.69 Å². The molecule has 0 saturated heterocycles. The largest absolute Gasteiger partial charge is 0.417 e. The molecule has 0 unspecified atom stereocenters. The van der Waals surface area contributed by atoms with E-state index in [0.717, 1.165) is 5.56 Å². The molecule has 1 aliphatic heterocycles. The van der Waals surface area contributed by atoms with E-state index in [1.807, 2.05) is 4.98 Å². The number of anilines is 2. The average molecular weight is 365 g/mol. The fourth-order valence-corrected chi connectivity index (χ4v) is 2.80. The zero-order chi connectivity index (χ0) is 19.1. The molecule has 26 heavy (non-hydrogen) atoms. The van der Waals surface area contributed by atoms with Crippen molar-refractivity contribution in [3.05, 3.63) is 57.5 Å². The number of rotatable bonds is 2. The van der Waals surface area contributed by atoms with Crippen molar-refractivity contribution in [3.63, 3.8) is 0 Å². The summed E-state index contributed by atoms with van der Waals surface area (Å²) < 4.78 is 38.2. The standard InChI is InChI=1S/C17H14F3N3O3/c1-9(24)23-5-4-10-6-11(2-3-14(10)23)15(25)22-13-7-12(17(18,19)20)8-21-16(13)26/h2-3,6-8H,4-5H2,1H3,(H,21,26)(H,22,25). The zero-order valence-corrected chi connectivity index (χ0v) is 13.6. The molecule has 2 amide bonds. The normalized spacial score (nSPS) is 13.5. The number of aromatic amines is 1. The van der Waals surface area contributed by atoms with Gasteiger partial charge < -0.3 is 15.2 Å². The van der Waals surface area contributed by atoms with Crippen LogP contribution in [0.25, 0.3) is 0 Å². The van der Waals surface area contributed by atoms with E-state index in [4.69, 9.17) is 0 Å². The number of nitrogens with zero attached hydrogens (tertiary/aromatic N) is 1. The third-order valence-corrected chi connectivity index (χ3v) is 4.10. The molecule has 3 rings (SSSR count).